The maximum atomic E-state index is 12.7. The smallest absolute Gasteiger partial charge is 0.255 e. The normalized spacial score (nSPS) is 10.5. The SMILES string of the molecule is O=C(CCn1ccnc1)Nc1cccc(C(=O)Nc2cccc(OCCn3cncn3)c2)c1. The predicted octanol–water partition coefficient (Wildman–Crippen LogP) is 2.83. The van der Waals surface area contributed by atoms with Crippen LogP contribution in [-0.4, -0.2) is 42.7 Å². The van der Waals surface area contributed by atoms with Gasteiger partial charge in [0, 0.05) is 48.4 Å². The van der Waals surface area contributed by atoms with Gasteiger partial charge in [0.2, 0.25) is 5.91 Å². The fraction of sp³-hybridized carbons (Fsp3) is 0.174. The molecule has 168 valence electrons. The summed E-state index contributed by atoms with van der Waals surface area (Å²) in [5, 5.41) is 9.70. The number of imidazole rings is 1. The number of aryl methyl sites for hydroxylation is 1. The summed E-state index contributed by atoms with van der Waals surface area (Å²) in [4.78, 5) is 32.8. The maximum Gasteiger partial charge on any atom is 0.255 e. The summed E-state index contributed by atoms with van der Waals surface area (Å²) >= 11 is 0. The highest BCUT2D eigenvalue weighted by atomic mass is 16.5. The molecule has 2 heterocycles. The number of benzene rings is 2. The van der Waals surface area contributed by atoms with Gasteiger partial charge in [0.1, 0.15) is 25.0 Å². The third-order valence-corrected chi connectivity index (χ3v) is 4.71. The van der Waals surface area contributed by atoms with Gasteiger partial charge in [-0.25, -0.2) is 14.6 Å². The summed E-state index contributed by atoms with van der Waals surface area (Å²) in [6, 6.07) is 14.0. The molecule has 0 aliphatic heterocycles. The average Bonchev–Trinajstić information content (AvgIpc) is 3.53. The molecule has 2 N–H and O–H groups in total. The average molecular weight is 445 g/mol. The number of anilines is 2. The van der Waals surface area contributed by atoms with Crippen LogP contribution in [0.5, 0.6) is 5.75 Å². The molecule has 0 spiro atoms. The Hall–Kier alpha value is -4.47. The predicted molar refractivity (Wildman–Crippen MR) is 122 cm³/mol. The van der Waals surface area contributed by atoms with Crippen LogP contribution in [0.25, 0.3) is 0 Å². The molecule has 0 saturated heterocycles. The molecule has 0 radical (unpaired) electrons. The molecule has 0 aliphatic carbocycles. The minimum atomic E-state index is -0.288. The second-order valence-corrected chi connectivity index (χ2v) is 7.17. The Morgan fingerprint density at radius 1 is 0.939 bits per heavy atom. The van der Waals surface area contributed by atoms with Crippen molar-refractivity contribution in [3.63, 3.8) is 0 Å². The van der Waals surface area contributed by atoms with E-state index < -0.39 is 0 Å². The van der Waals surface area contributed by atoms with Crippen LogP contribution in [0.15, 0.2) is 79.9 Å². The Balaban J connectivity index is 1.30. The summed E-state index contributed by atoms with van der Waals surface area (Å²) in [6.07, 6.45) is 8.52. The number of hydrogen-bond acceptors (Lipinski definition) is 6. The van der Waals surface area contributed by atoms with Gasteiger partial charge in [-0.05, 0) is 30.3 Å². The Labute approximate surface area is 190 Å². The fourth-order valence-corrected chi connectivity index (χ4v) is 3.08. The molecule has 0 unspecified atom stereocenters. The molecule has 0 bridgehead atoms. The molecule has 10 nitrogen and oxygen atoms in total. The standard InChI is InChI=1S/C23H23N7O3/c31-22(7-9-29-10-8-24-16-29)27-19-4-1-3-18(13-19)23(32)28-20-5-2-6-21(14-20)33-12-11-30-17-25-15-26-30/h1-6,8,10,13-17H,7,9,11-12H2,(H,27,31)(H,28,32). The van der Waals surface area contributed by atoms with Crippen LogP contribution in [0.1, 0.15) is 16.8 Å². The number of rotatable bonds is 10. The third-order valence-electron chi connectivity index (χ3n) is 4.71. The molecule has 0 atom stereocenters. The van der Waals surface area contributed by atoms with Crippen molar-refractivity contribution >= 4 is 23.2 Å². The highest BCUT2D eigenvalue weighted by Crippen LogP contribution is 2.19. The molecule has 2 aromatic carbocycles. The zero-order valence-electron chi connectivity index (χ0n) is 17.8. The van der Waals surface area contributed by atoms with E-state index in [1.54, 1.807) is 72.2 Å². The maximum absolute atomic E-state index is 12.7. The number of amides is 2. The second kappa shape index (κ2) is 10.7. The van der Waals surface area contributed by atoms with Gasteiger partial charge in [0.15, 0.2) is 0 Å². The molecule has 33 heavy (non-hydrogen) atoms. The van der Waals surface area contributed by atoms with Crippen LogP contribution in [0.3, 0.4) is 0 Å². The number of aromatic nitrogens is 5. The van der Waals surface area contributed by atoms with Gasteiger partial charge < -0.3 is 19.9 Å². The first-order valence-electron chi connectivity index (χ1n) is 10.4. The Morgan fingerprint density at radius 2 is 1.79 bits per heavy atom. The van der Waals surface area contributed by atoms with Gasteiger partial charge in [0.25, 0.3) is 5.91 Å². The Kier molecular flexibility index (Phi) is 7.06. The molecule has 4 rings (SSSR count). The fourth-order valence-electron chi connectivity index (χ4n) is 3.08. The second-order valence-electron chi connectivity index (χ2n) is 7.17. The Bertz CT molecular complexity index is 1190. The van der Waals surface area contributed by atoms with Crippen molar-refractivity contribution in [1.82, 2.24) is 24.3 Å². The lowest BCUT2D eigenvalue weighted by molar-refractivity contribution is -0.116. The van der Waals surface area contributed by atoms with Crippen molar-refractivity contribution in [3.05, 3.63) is 85.5 Å². The molecule has 2 amide bonds. The van der Waals surface area contributed by atoms with Gasteiger partial charge in [-0.2, -0.15) is 5.10 Å². The first kappa shape index (κ1) is 21.8. The number of carbonyl (C=O) groups excluding carboxylic acids is 2. The van der Waals surface area contributed by atoms with E-state index in [0.29, 0.717) is 48.8 Å². The lowest BCUT2D eigenvalue weighted by atomic mass is 10.1. The molecule has 10 heteroatoms. The number of nitrogens with zero attached hydrogens (tertiary/aromatic N) is 5. The van der Waals surface area contributed by atoms with E-state index in [9.17, 15) is 9.59 Å². The quantitative estimate of drug-likeness (QED) is 0.388. The van der Waals surface area contributed by atoms with Crippen LogP contribution in [0, 0.1) is 0 Å². The van der Waals surface area contributed by atoms with Gasteiger partial charge in [-0.3, -0.25) is 9.59 Å². The molecule has 4 aromatic rings. The molecule has 0 fully saturated rings. The van der Waals surface area contributed by atoms with E-state index in [4.69, 9.17) is 4.74 Å². The van der Waals surface area contributed by atoms with Gasteiger partial charge in [-0.1, -0.05) is 12.1 Å². The van der Waals surface area contributed by atoms with E-state index >= 15 is 0 Å². The zero-order valence-corrected chi connectivity index (χ0v) is 17.8. The topological polar surface area (TPSA) is 116 Å². The third kappa shape index (κ3) is 6.50. The van der Waals surface area contributed by atoms with Crippen LogP contribution in [-0.2, 0) is 17.9 Å². The van der Waals surface area contributed by atoms with Gasteiger partial charge >= 0.3 is 0 Å². The summed E-state index contributed by atoms with van der Waals surface area (Å²) in [6.45, 7) is 1.52. The van der Waals surface area contributed by atoms with Crippen LogP contribution >= 0.6 is 0 Å². The van der Waals surface area contributed by atoms with Crippen molar-refractivity contribution in [2.24, 2.45) is 0 Å². The van der Waals surface area contributed by atoms with Crippen molar-refractivity contribution in [2.45, 2.75) is 19.5 Å². The minimum Gasteiger partial charge on any atom is -0.492 e. The largest absolute Gasteiger partial charge is 0.492 e. The highest BCUT2D eigenvalue weighted by Gasteiger charge is 2.09. The zero-order chi connectivity index (χ0) is 22.9. The molecule has 0 aliphatic rings. The van der Waals surface area contributed by atoms with Crippen molar-refractivity contribution in [1.29, 1.82) is 0 Å². The summed E-state index contributed by atoms with van der Waals surface area (Å²) < 4.78 is 9.23. The molecular weight excluding hydrogens is 422 g/mol. The number of carbonyl (C=O) groups is 2. The summed E-state index contributed by atoms with van der Waals surface area (Å²) in [7, 11) is 0. The monoisotopic (exact) mass is 445 g/mol. The Morgan fingerprint density at radius 3 is 2.58 bits per heavy atom. The molecule has 2 aromatic heterocycles. The first-order chi connectivity index (χ1) is 16.2. The van der Waals surface area contributed by atoms with Crippen molar-refractivity contribution in [3.8, 4) is 5.75 Å². The number of hydrogen-bond donors (Lipinski definition) is 2. The lowest BCUT2D eigenvalue weighted by Gasteiger charge is -2.10. The van der Waals surface area contributed by atoms with Gasteiger partial charge in [-0.15, -0.1) is 0 Å². The lowest BCUT2D eigenvalue weighted by Crippen LogP contribution is -2.16. The van der Waals surface area contributed by atoms with E-state index in [-0.39, 0.29) is 11.8 Å². The van der Waals surface area contributed by atoms with Gasteiger partial charge in [0.05, 0.1) is 12.9 Å². The van der Waals surface area contributed by atoms with Crippen LogP contribution < -0.4 is 15.4 Å². The van der Waals surface area contributed by atoms with Crippen LogP contribution in [0.2, 0.25) is 0 Å². The summed E-state index contributed by atoms with van der Waals surface area (Å²) in [5.41, 5.74) is 1.59. The number of nitrogens with one attached hydrogen (secondary N) is 2. The minimum absolute atomic E-state index is 0.142. The van der Waals surface area contributed by atoms with Crippen LogP contribution in [0.4, 0.5) is 11.4 Å². The van der Waals surface area contributed by atoms with E-state index in [2.05, 4.69) is 25.7 Å². The summed E-state index contributed by atoms with van der Waals surface area (Å²) in [5.74, 6) is 0.202. The van der Waals surface area contributed by atoms with E-state index in [0.717, 1.165) is 0 Å². The highest BCUT2D eigenvalue weighted by molar-refractivity contribution is 6.05. The molecular formula is C23H23N7O3. The number of ether oxygens (including phenoxy) is 1. The van der Waals surface area contributed by atoms with E-state index in [1.807, 2.05) is 10.6 Å². The van der Waals surface area contributed by atoms with Crippen molar-refractivity contribution in [2.75, 3.05) is 17.2 Å². The first-order valence-corrected chi connectivity index (χ1v) is 10.4. The van der Waals surface area contributed by atoms with Crippen molar-refractivity contribution < 1.29 is 14.3 Å². The molecule has 0 saturated carbocycles. The van der Waals surface area contributed by atoms with E-state index in [1.165, 1.54) is 6.33 Å².